The summed E-state index contributed by atoms with van der Waals surface area (Å²) >= 11 is 5.67. The van der Waals surface area contributed by atoms with Crippen molar-refractivity contribution in [2.45, 2.75) is 19.2 Å². The van der Waals surface area contributed by atoms with Crippen molar-refractivity contribution in [2.75, 3.05) is 7.11 Å². The highest BCUT2D eigenvalue weighted by Gasteiger charge is 2.32. The zero-order chi connectivity index (χ0) is 12.5. The van der Waals surface area contributed by atoms with Gasteiger partial charge in [-0.2, -0.15) is 13.2 Å². The Morgan fingerprint density at radius 3 is 2.31 bits per heavy atom. The van der Waals surface area contributed by atoms with Gasteiger partial charge in [-0.1, -0.05) is 11.6 Å². The number of hydrogen-bond acceptors (Lipinski definition) is 2. The van der Waals surface area contributed by atoms with Crippen LogP contribution in [0.15, 0.2) is 12.1 Å². The smallest absolute Gasteiger partial charge is 0.416 e. The number of alkyl halides is 3. The minimum absolute atomic E-state index is 0.0742. The maximum absolute atomic E-state index is 12.4. The normalized spacial score (nSPS) is 13.7. The Morgan fingerprint density at radius 1 is 1.38 bits per heavy atom. The van der Waals surface area contributed by atoms with Gasteiger partial charge in [-0.15, -0.1) is 0 Å². The molecular weight excluding hydrogens is 245 g/mol. The topological polar surface area (TPSA) is 29.5 Å². The Morgan fingerprint density at radius 2 is 1.94 bits per heavy atom. The van der Waals surface area contributed by atoms with Crippen molar-refractivity contribution in [3.05, 3.63) is 28.3 Å². The summed E-state index contributed by atoms with van der Waals surface area (Å²) in [6.45, 7) is 1.40. The molecule has 1 unspecified atom stereocenters. The molecule has 1 rings (SSSR count). The van der Waals surface area contributed by atoms with E-state index in [0.29, 0.717) is 0 Å². The second-order valence-corrected chi connectivity index (χ2v) is 3.65. The number of halogens is 4. The van der Waals surface area contributed by atoms with Crippen LogP contribution in [0, 0.1) is 0 Å². The summed E-state index contributed by atoms with van der Waals surface area (Å²) in [7, 11) is 1.22. The van der Waals surface area contributed by atoms with Crippen molar-refractivity contribution in [2.24, 2.45) is 0 Å². The van der Waals surface area contributed by atoms with E-state index in [2.05, 4.69) is 0 Å². The summed E-state index contributed by atoms with van der Waals surface area (Å²) in [4.78, 5) is 0. The van der Waals surface area contributed by atoms with Crippen LogP contribution in [0.1, 0.15) is 24.2 Å². The van der Waals surface area contributed by atoms with Gasteiger partial charge in [0, 0.05) is 5.56 Å². The molecule has 0 fully saturated rings. The van der Waals surface area contributed by atoms with E-state index < -0.39 is 17.8 Å². The van der Waals surface area contributed by atoms with E-state index in [-0.39, 0.29) is 16.3 Å². The van der Waals surface area contributed by atoms with Gasteiger partial charge in [0.2, 0.25) is 0 Å². The zero-order valence-corrected chi connectivity index (χ0v) is 9.36. The first-order valence-corrected chi connectivity index (χ1v) is 4.78. The van der Waals surface area contributed by atoms with Crippen LogP contribution in [-0.4, -0.2) is 12.2 Å². The van der Waals surface area contributed by atoms with Gasteiger partial charge in [0.05, 0.1) is 23.8 Å². The fourth-order valence-corrected chi connectivity index (χ4v) is 1.70. The van der Waals surface area contributed by atoms with E-state index in [1.165, 1.54) is 14.0 Å². The predicted octanol–water partition coefficient (Wildman–Crippen LogP) is 3.42. The molecule has 0 aliphatic carbocycles. The van der Waals surface area contributed by atoms with E-state index >= 15 is 0 Å². The average molecular weight is 255 g/mol. The largest absolute Gasteiger partial charge is 0.496 e. The molecule has 0 saturated carbocycles. The molecule has 90 valence electrons. The van der Waals surface area contributed by atoms with Crippen LogP contribution in [0.3, 0.4) is 0 Å². The molecule has 0 heterocycles. The van der Waals surface area contributed by atoms with Gasteiger partial charge < -0.3 is 9.84 Å². The maximum Gasteiger partial charge on any atom is 0.416 e. The SMILES string of the molecule is COc1cc(C(F)(F)F)cc(Cl)c1C(C)O. The van der Waals surface area contributed by atoms with Crippen molar-refractivity contribution in [3.8, 4) is 5.75 Å². The standard InChI is InChI=1S/C10H10ClF3O2/c1-5(15)9-7(11)3-6(10(12,13)14)4-8(9)16-2/h3-5,15H,1-2H3. The van der Waals surface area contributed by atoms with Crippen molar-refractivity contribution in [1.82, 2.24) is 0 Å². The highest BCUT2D eigenvalue weighted by Crippen LogP contribution is 2.39. The molecule has 0 bridgehead atoms. The summed E-state index contributed by atoms with van der Waals surface area (Å²) in [5, 5.41) is 9.20. The van der Waals surface area contributed by atoms with Crippen LogP contribution in [0.25, 0.3) is 0 Å². The molecule has 0 saturated heterocycles. The van der Waals surface area contributed by atoms with Gasteiger partial charge >= 0.3 is 6.18 Å². The molecule has 16 heavy (non-hydrogen) atoms. The Balaban J connectivity index is 3.38. The van der Waals surface area contributed by atoms with Crippen LogP contribution in [0.4, 0.5) is 13.2 Å². The summed E-state index contributed by atoms with van der Waals surface area (Å²) in [6.07, 6.45) is -5.49. The monoisotopic (exact) mass is 254 g/mol. The fourth-order valence-electron chi connectivity index (χ4n) is 1.33. The highest BCUT2D eigenvalue weighted by atomic mass is 35.5. The fraction of sp³-hybridized carbons (Fsp3) is 0.400. The molecule has 2 nitrogen and oxygen atoms in total. The lowest BCUT2D eigenvalue weighted by Gasteiger charge is -2.16. The molecule has 0 aliphatic heterocycles. The van der Waals surface area contributed by atoms with Crippen LogP contribution in [-0.2, 0) is 6.18 Å². The predicted molar refractivity (Wildman–Crippen MR) is 53.6 cm³/mol. The molecule has 0 amide bonds. The lowest BCUT2D eigenvalue weighted by molar-refractivity contribution is -0.137. The summed E-state index contributed by atoms with van der Waals surface area (Å²) in [5.74, 6) is -0.0742. The number of hydrogen-bond donors (Lipinski definition) is 1. The second-order valence-electron chi connectivity index (χ2n) is 3.25. The first kappa shape index (κ1) is 13.1. The third-order valence-corrected chi connectivity index (χ3v) is 2.37. The molecule has 1 aromatic carbocycles. The van der Waals surface area contributed by atoms with Gasteiger partial charge in [0.1, 0.15) is 5.75 Å². The quantitative estimate of drug-likeness (QED) is 0.876. The van der Waals surface area contributed by atoms with E-state index in [0.717, 1.165) is 12.1 Å². The highest BCUT2D eigenvalue weighted by molar-refractivity contribution is 6.31. The molecule has 6 heteroatoms. The molecule has 0 aliphatic rings. The number of benzene rings is 1. The van der Waals surface area contributed by atoms with Crippen LogP contribution >= 0.6 is 11.6 Å². The van der Waals surface area contributed by atoms with Gasteiger partial charge in [-0.3, -0.25) is 0 Å². The van der Waals surface area contributed by atoms with E-state index in [4.69, 9.17) is 16.3 Å². The molecule has 0 radical (unpaired) electrons. The maximum atomic E-state index is 12.4. The van der Waals surface area contributed by atoms with E-state index in [1.54, 1.807) is 0 Å². The van der Waals surface area contributed by atoms with Crippen LogP contribution in [0.5, 0.6) is 5.75 Å². The zero-order valence-electron chi connectivity index (χ0n) is 8.60. The minimum atomic E-state index is -4.49. The van der Waals surface area contributed by atoms with E-state index in [1.807, 2.05) is 0 Å². The van der Waals surface area contributed by atoms with Crippen LogP contribution < -0.4 is 4.74 Å². The van der Waals surface area contributed by atoms with Gasteiger partial charge in [-0.25, -0.2) is 0 Å². The second kappa shape index (κ2) is 4.51. The first-order chi connectivity index (χ1) is 7.27. The lowest BCUT2D eigenvalue weighted by Crippen LogP contribution is -2.07. The van der Waals surface area contributed by atoms with Crippen molar-refractivity contribution >= 4 is 11.6 Å². The molecule has 0 aromatic heterocycles. The summed E-state index contributed by atoms with van der Waals surface area (Å²) < 4.78 is 42.1. The summed E-state index contributed by atoms with van der Waals surface area (Å²) in [5.41, 5.74) is -0.754. The number of aliphatic hydroxyl groups is 1. The summed E-state index contributed by atoms with van der Waals surface area (Å²) in [6, 6.07) is 1.58. The Hall–Kier alpha value is -0.940. The van der Waals surface area contributed by atoms with Crippen molar-refractivity contribution in [3.63, 3.8) is 0 Å². The number of ether oxygens (including phenoxy) is 1. The first-order valence-electron chi connectivity index (χ1n) is 4.40. The average Bonchev–Trinajstić information content (AvgIpc) is 2.14. The van der Waals surface area contributed by atoms with E-state index in [9.17, 15) is 18.3 Å². The third kappa shape index (κ3) is 2.59. The Labute approximate surface area is 95.6 Å². The molecular formula is C10H10ClF3O2. The number of methoxy groups -OCH3 is 1. The van der Waals surface area contributed by atoms with Gasteiger partial charge in [0.25, 0.3) is 0 Å². The molecule has 1 aromatic rings. The van der Waals surface area contributed by atoms with Gasteiger partial charge in [-0.05, 0) is 19.1 Å². The van der Waals surface area contributed by atoms with Crippen LogP contribution in [0.2, 0.25) is 5.02 Å². The Kier molecular flexibility index (Phi) is 3.70. The molecule has 0 spiro atoms. The van der Waals surface area contributed by atoms with Crippen molar-refractivity contribution < 1.29 is 23.0 Å². The number of rotatable bonds is 2. The van der Waals surface area contributed by atoms with Gasteiger partial charge in [0.15, 0.2) is 0 Å². The number of aliphatic hydroxyl groups excluding tert-OH is 1. The minimum Gasteiger partial charge on any atom is -0.496 e. The van der Waals surface area contributed by atoms with Crippen molar-refractivity contribution in [1.29, 1.82) is 0 Å². The Bertz CT molecular complexity index is 388. The molecule has 1 N–H and O–H groups in total. The third-order valence-electron chi connectivity index (χ3n) is 2.06. The molecule has 1 atom stereocenters. The lowest BCUT2D eigenvalue weighted by atomic mass is 10.1.